The summed E-state index contributed by atoms with van der Waals surface area (Å²) in [4.78, 5) is 27.5. The molecule has 0 bridgehead atoms. The zero-order valence-electron chi connectivity index (χ0n) is 15.1. The molecule has 146 valence electrons. The highest BCUT2D eigenvalue weighted by Crippen LogP contribution is 2.28. The van der Waals surface area contributed by atoms with Gasteiger partial charge in [-0.25, -0.2) is 8.78 Å². The lowest BCUT2D eigenvalue weighted by atomic mass is 10.1. The van der Waals surface area contributed by atoms with Gasteiger partial charge < -0.3 is 15.0 Å². The van der Waals surface area contributed by atoms with Gasteiger partial charge in [0.2, 0.25) is 5.43 Å². The van der Waals surface area contributed by atoms with Crippen molar-refractivity contribution in [1.29, 1.82) is 0 Å². The van der Waals surface area contributed by atoms with Crippen LogP contribution in [-0.2, 0) is 6.54 Å². The fourth-order valence-corrected chi connectivity index (χ4v) is 2.79. The zero-order chi connectivity index (χ0) is 20.4. The fraction of sp³-hybridized carbons (Fsp3) is 0.200. The van der Waals surface area contributed by atoms with Crippen LogP contribution in [0, 0.1) is 11.6 Å². The summed E-state index contributed by atoms with van der Waals surface area (Å²) in [6.07, 6.45) is 0.647. The van der Waals surface area contributed by atoms with Crippen molar-refractivity contribution < 1.29 is 18.3 Å². The minimum atomic E-state index is -1.02. The standard InChI is InChI=1S/C20H17ClF2N2O3/c1-10(2)28-19-15(22)7-13-17(16(19)23)24-9-14(18(13)26)20(27)25-8-11-3-5-12(21)6-4-11/h3-7,9-10H,8H2,1-2H3,(H,24,26)(H,25,27). The quantitative estimate of drug-likeness (QED) is 0.667. The molecule has 0 aliphatic rings. The van der Waals surface area contributed by atoms with Gasteiger partial charge in [-0.3, -0.25) is 9.59 Å². The molecule has 1 amide bonds. The third kappa shape index (κ3) is 3.99. The number of nitrogens with one attached hydrogen (secondary N) is 2. The summed E-state index contributed by atoms with van der Waals surface area (Å²) in [6, 6.07) is 7.68. The number of H-pyrrole nitrogens is 1. The summed E-state index contributed by atoms with van der Waals surface area (Å²) < 4.78 is 33.9. The molecule has 0 aliphatic carbocycles. The summed E-state index contributed by atoms with van der Waals surface area (Å²) >= 11 is 5.81. The third-order valence-corrected chi connectivity index (χ3v) is 4.24. The SMILES string of the molecule is CC(C)Oc1c(F)cc2c(=O)c(C(=O)NCc3ccc(Cl)cc3)c[nH]c2c1F. The van der Waals surface area contributed by atoms with Gasteiger partial charge in [0, 0.05) is 17.8 Å². The number of carbonyl (C=O) groups is 1. The number of hydrogen-bond donors (Lipinski definition) is 2. The molecule has 2 aromatic carbocycles. The van der Waals surface area contributed by atoms with Crippen LogP contribution in [0.25, 0.3) is 10.9 Å². The molecule has 2 N–H and O–H groups in total. The number of benzene rings is 2. The first-order valence-corrected chi connectivity index (χ1v) is 8.88. The molecule has 0 aliphatic heterocycles. The van der Waals surface area contributed by atoms with Gasteiger partial charge in [-0.15, -0.1) is 0 Å². The molecule has 1 aromatic heterocycles. The number of hydrogen-bond acceptors (Lipinski definition) is 3. The van der Waals surface area contributed by atoms with Crippen LogP contribution in [0.1, 0.15) is 29.8 Å². The van der Waals surface area contributed by atoms with Crippen LogP contribution >= 0.6 is 11.6 Å². The normalized spacial score (nSPS) is 11.1. The highest BCUT2D eigenvalue weighted by molar-refractivity contribution is 6.30. The van der Waals surface area contributed by atoms with Gasteiger partial charge in [0.05, 0.1) is 17.0 Å². The Balaban J connectivity index is 1.92. The van der Waals surface area contributed by atoms with Crippen molar-refractivity contribution in [3.05, 3.63) is 74.5 Å². The molecule has 0 fully saturated rings. The highest BCUT2D eigenvalue weighted by Gasteiger charge is 2.21. The van der Waals surface area contributed by atoms with Crippen LogP contribution in [0.2, 0.25) is 5.02 Å². The van der Waals surface area contributed by atoms with E-state index >= 15 is 0 Å². The molecule has 3 rings (SSSR count). The Morgan fingerprint density at radius 1 is 1.25 bits per heavy atom. The van der Waals surface area contributed by atoms with E-state index in [1.165, 1.54) is 0 Å². The molecule has 0 unspecified atom stereocenters. The van der Waals surface area contributed by atoms with Crippen LogP contribution in [-0.4, -0.2) is 17.0 Å². The van der Waals surface area contributed by atoms with E-state index in [0.29, 0.717) is 5.02 Å². The highest BCUT2D eigenvalue weighted by atomic mass is 35.5. The van der Waals surface area contributed by atoms with Gasteiger partial charge >= 0.3 is 0 Å². The minimum Gasteiger partial charge on any atom is -0.485 e. The summed E-state index contributed by atoms with van der Waals surface area (Å²) in [5.74, 6) is -3.27. The number of fused-ring (bicyclic) bond motifs is 1. The summed E-state index contributed by atoms with van der Waals surface area (Å²) in [5.41, 5.74) is -0.479. The average molecular weight is 407 g/mol. The maximum atomic E-state index is 14.6. The predicted molar refractivity (Wildman–Crippen MR) is 103 cm³/mol. The number of amides is 1. The zero-order valence-corrected chi connectivity index (χ0v) is 15.9. The van der Waals surface area contributed by atoms with E-state index < -0.39 is 34.8 Å². The third-order valence-electron chi connectivity index (χ3n) is 3.99. The summed E-state index contributed by atoms with van der Waals surface area (Å²) in [6.45, 7) is 3.41. The van der Waals surface area contributed by atoms with Gasteiger partial charge in [-0.05, 0) is 37.6 Å². The van der Waals surface area contributed by atoms with Gasteiger partial charge in [0.1, 0.15) is 5.56 Å². The number of halogens is 3. The Bertz CT molecular complexity index is 1100. The molecule has 0 saturated carbocycles. The van der Waals surface area contributed by atoms with Crippen molar-refractivity contribution in [2.75, 3.05) is 0 Å². The van der Waals surface area contributed by atoms with E-state index in [0.717, 1.165) is 17.8 Å². The monoisotopic (exact) mass is 406 g/mol. The van der Waals surface area contributed by atoms with Crippen LogP contribution in [0.4, 0.5) is 8.78 Å². The Morgan fingerprint density at radius 3 is 2.57 bits per heavy atom. The Hall–Kier alpha value is -2.93. The molecule has 0 radical (unpaired) electrons. The lowest BCUT2D eigenvalue weighted by Crippen LogP contribution is -2.28. The van der Waals surface area contributed by atoms with E-state index in [-0.39, 0.29) is 23.0 Å². The van der Waals surface area contributed by atoms with E-state index in [4.69, 9.17) is 16.3 Å². The number of pyridine rings is 1. The molecule has 0 spiro atoms. The molecule has 3 aromatic rings. The Morgan fingerprint density at radius 2 is 1.93 bits per heavy atom. The van der Waals surface area contributed by atoms with Crippen molar-refractivity contribution in [3.63, 3.8) is 0 Å². The topological polar surface area (TPSA) is 71.2 Å². The smallest absolute Gasteiger partial charge is 0.257 e. The second-order valence-corrected chi connectivity index (χ2v) is 6.87. The predicted octanol–water partition coefficient (Wildman–Crippen LogP) is 4.18. The van der Waals surface area contributed by atoms with Crippen molar-refractivity contribution >= 4 is 28.4 Å². The Labute approximate surface area is 164 Å². The molecule has 0 atom stereocenters. The molecule has 8 heteroatoms. The largest absolute Gasteiger partial charge is 0.485 e. The molecular formula is C20H17ClF2N2O3. The van der Waals surface area contributed by atoms with E-state index in [9.17, 15) is 18.4 Å². The molecule has 1 heterocycles. The first-order valence-electron chi connectivity index (χ1n) is 8.50. The summed E-state index contributed by atoms with van der Waals surface area (Å²) in [7, 11) is 0. The summed E-state index contributed by atoms with van der Waals surface area (Å²) in [5, 5.41) is 2.88. The maximum absolute atomic E-state index is 14.6. The molecule has 0 saturated heterocycles. The van der Waals surface area contributed by atoms with Gasteiger partial charge in [0.15, 0.2) is 17.4 Å². The second kappa shape index (κ2) is 7.98. The molecule has 28 heavy (non-hydrogen) atoms. The molecular weight excluding hydrogens is 390 g/mol. The minimum absolute atomic E-state index is 0.164. The van der Waals surface area contributed by atoms with Crippen LogP contribution in [0.15, 0.2) is 41.3 Å². The Kier molecular flexibility index (Phi) is 5.65. The first-order chi connectivity index (χ1) is 13.3. The maximum Gasteiger partial charge on any atom is 0.257 e. The number of rotatable bonds is 5. The fourth-order valence-electron chi connectivity index (χ4n) is 2.67. The molecule has 5 nitrogen and oxygen atoms in total. The number of aromatic nitrogens is 1. The number of carbonyl (C=O) groups excluding carboxylic acids is 1. The van der Waals surface area contributed by atoms with E-state index in [2.05, 4.69) is 10.3 Å². The van der Waals surface area contributed by atoms with E-state index in [1.54, 1.807) is 38.1 Å². The van der Waals surface area contributed by atoms with Gasteiger partial charge in [0.25, 0.3) is 5.91 Å². The van der Waals surface area contributed by atoms with Crippen LogP contribution in [0.5, 0.6) is 5.75 Å². The first kappa shape index (κ1) is 19.8. The van der Waals surface area contributed by atoms with Crippen molar-refractivity contribution in [2.45, 2.75) is 26.5 Å². The lowest BCUT2D eigenvalue weighted by Gasteiger charge is -2.13. The number of ether oxygens (including phenoxy) is 1. The lowest BCUT2D eigenvalue weighted by molar-refractivity contribution is 0.0949. The van der Waals surface area contributed by atoms with Gasteiger partial charge in [-0.1, -0.05) is 23.7 Å². The van der Waals surface area contributed by atoms with Crippen molar-refractivity contribution in [1.82, 2.24) is 10.3 Å². The van der Waals surface area contributed by atoms with Gasteiger partial charge in [-0.2, -0.15) is 0 Å². The van der Waals surface area contributed by atoms with Crippen LogP contribution < -0.4 is 15.5 Å². The van der Waals surface area contributed by atoms with Crippen molar-refractivity contribution in [2.24, 2.45) is 0 Å². The van der Waals surface area contributed by atoms with E-state index in [1.807, 2.05) is 0 Å². The van der Waals surface area contributed by atoms with Crippen molar-refractivity contribution in [3.8, 4) is 5.75 Å². The van der Waals surface area contributed by atoms with Crippen LogP contribution in [0.3, 0.4) is 0 Å². The second-order valence-electron chi connectivity index (χ2n) is 6.43. The average Bonchev–Trinajstić information content (AvgIpc) is 2.65. The number of aromatic amines is 1.